The quantitative estimate of drug-likeness (QED) is 0.668. The largest absolute Gasteiger partial charge is 0.244 e. The fraction of sp³-hybridized carbons (Fsp3) is 0.889. The maximum atomic E-state index is 12.9. The topological polar surface area (TPSA) is 46.2 Å². The van der Waals surface area contributed by atoms with Crippen molar-refractivity contribution in [2.24, 2.45) is 0 Å². The van der Waals surface area contributed by atoms with E-state index in [1.54, 1.807) is 6.42 Å². The third-order valence-electron chi connectivity index (χ3n) is 1.62. The molecule has 0 aliphatic heterocycles. The van der Waals surface area contributed by atoms with Gasteiger partial charge in [0.1, 0.15) is 5.67 Å². The van der Waals surface area contributed by atoms with E-state index in [1.807, 2.05) is 0 Å². The Morgan fingerprint density at radius 1 is 1.36 bits per heavy atom. The molecule has 0 aliphatic rings. The summed E-state index contributed by atoms with van der Waals surface area (Å²) in [6, 6.07) is 0. The highest BCUT2D eigenvalue weighted by Gasteiger charge is 2.14. The molecule has 0 aromatic rings. The average Bonchev–Trinajstić information content (AvgIpc) is 1.92. The summed E-state index contributed by atoms with van der Waals surface area (Å²) in [7, 11) is -3.07. The minimum Gasteiger partial charge on any atom is -0.244 e. The Balaban J connectivity index is 3.32. The second-order valence-electron chi connectivity index (χ2n) is 3.93. The lowest BCUT2D eigenvalue weighted by Gasteiger charge is -2.12. The zero-order chi connectivity index (χ0) is 11.2. The number of sulfonamides is 1. The molecular weight excluding hydrogens is 205 g/mol. The molecule has 0 spiro atoms. The molecule has 0 amide bonds. The van der Waals surface area contributed by atoms with Crippen LogP contribution in [0.25, 0.3) is 0 Å². The monoisotopic (exact) mass is 224 g/mol. The van der Waals surface area contributed by atoms with Gasteiger partial charge in [-0.25, -0.2) is 17.5 Å². The molecule has 0 aromatic heterocycles. The minimum absolute atomic E-state index is 0.430. The highest BCUT2D eigenvalue weighted by Crippen LogP contribution is 2.16. The maximum Gasteiger partial charge on any atom is 0.208 e. The zero-order valence-corrected chi connectivity index (χ0v) is 9.82. The summed E-state index contributed by atoms with van der Waals surface area (Å²) in [6.07, 6.45) is 4.95. The fourth-order valence-corrected chi connectivity index (χ4v) is 1.49. The van der Waals surface area contributed by atoms with Gasteiger partial charge in [-0.1, -0.05) is 6.42 Å². The van der Waals surface area contributed by atoms with Gasteiger partial charge in [-0.3, -0.25) is 0 Å². The molecule has 0 heterocycles. The molecule has 0 unspecified atom stereocenters. The number of nitrogens with one attached hydrogen (secondary N) is 1. The molecule has 0 fully saturated rings. The normalized spacial score (nSPS) is 13.1. The molecule has 0 bridgehead atoms. The van der Waals surface area contributed by atoms with Crippen LogP contribution >= 0.6 is 0 Å². The SMILES string of the molecule is CC(C)(F)[CH]CCCCNS(C)(=O)=O. The van der Waals surface area contributed by atoms with Gasteiger partial charge in [0.2, 0.25) is 10.0 Å². The number of unbranched alkanes of at least 4 members (excludes halogenated alkanes) is 2. The standard InChI is InChI=1S/C9H19FNO2S/c1-9(2,10)7-5-4-6-8-11-14(3,12)13/h7,11H,4-6,8H2,1-3H3. The smallest absolute Gasteiger partial charge is 0.208 e. The molecule has 0 saturated heterocycles. The lowest BCUT2D eigenvalue weighted by molar-refractivity contribution is 0.254. The van der Waals surface area contributed by atoms with Crippen molar-refractivity contribution in [3.05, 3.63) is 6.42 Å². The summed E-state index contributed by atoms with van der Waals surface area (Å²) in [4.78, 5) is 0. The number of hydrogen-bond donors (Lipinski definition) is 1. The van der Waals surface area contributed by atoms with Gasteiger partial charge in [-0.05, 0) is 33.1 Å². The van der Waals surface area contributed by atoms with E-state index in [9.17, 15) is 12.8 Å². The van der Waals surface area contributed by atoms with Crippen LogP contribution < -0.4 is 4.72 Å². The highest BCUT2D eigenvalue weighted by atomic mass is 32.2. The van der Waals surface area contributed by atoms with E-state index in [0.717, 1.165) is 19.1 Å². The van der Waals surface area contributed by atoms with Crippen LogP contribution in [0.2, 0.25) is 0 Å². The van der Waals surface area contributed by atoms with Crippen LogP contribution in [-0.2, 0) is 10.0 Å². The van der Waals surface area contributed by atoms with E-state index in [0.29, 0.717) is 13.0 Å². The Morgan fingerprint density at radius 3 is 2.36 bits per heavy atom. The lowest BCUT2D eigenvalue weighted by Crippen LogP contribution is -2.23. The first-order chi connectivity index (χ1) is 6.21. The summed E-state index contributed by atoms with van der Waals surface area (Å²) in [5, 5.41) is 0. The van der Waals surface area contributed by atoms with Gasteiger partial charge in [0.15, 0.2) is 0 Å². The molecule has 5 heteroatoms. The van der Waals surface area contributed by atoms with Crippen molar-refractivity contribution in [1.29, 1.82) is 0 Å². The van der Waals surface area contributed by atoms with Crippen molar-refractivity contribution in [1.82, 2.24) is 4.72 Å². The van der Waals surface area contributed by atoms with Gasteiger partial charge in [-0.15, -0.1) is 0 Å². The van der Waals surface area contributed by atoms with Crippen LogP contribution in [0.4, 0.5) is 4.39 Å². The van der Waals surface area contributed by atoms with Gasteiger partial charge in [0.05, 0.1) is 6.26 Å². The van der Waals surface area contributed by atoms with E-state index in [4.69, 9.17) is 0 Å². The average molecular weight is 224 g/mol. The zero-order valence-electron chi connectivity index (χ0n) is 9.01. The Bertz CT molecular complexity index is 244. The third kappa shape index (κ3) is 11.8. The maximum absolute atomic E-state index is 12.9. The molecule has 0 aliphatic carbocycles. The van der Waals surface area contributed by atoms with Crippen molar-refractivity contribution in [2.45, 2.75) is 38.8 Å². The first-order valence-corrected chi connectivity index (χ1v) is 6.58. The van der Waals surface area contributed by atoms with Crippen molar-refractivity contribution < 1.29 is 12.8 Å². The van der Waals surface area contributed by atoms with Gasteiger partial charge in [0, 0.05) is 6.54 Å². The summed E-state index contributed by atoms with van der Waals surface area (Å²) < 4.78 is 36.6. The van der Waals surface area contributed by atoms with Crippen LogP contribution in [0.15, 0.2) is 0 Å². The molecule has 1 N–H and O–H groups in total. The predicted octanol–water partition coefficient (Wildman–Crippen LogP) is 1.66. The minimum atomic E-state index is -3.07. The summed E-state index contributed by atoms with van der Waals surface area (Å²) in [5.74, 6) is 0. The molecule has 1 radical (unpaired) electrons. The number of halogens is 1. The van der Waals surface area contributed by atoms with Gasteiger partial charge in [-0.2, -0.15) is 0 Å². The number of hydrogen-bond acceptors (Lipinski definition) is 2. The van der Waals surface area contributed by atoms with Crippen molar-refractivity contribution in [3.63, 3.8) is 0 Å². The van der Waals surface area contributed by atoms with Gasteiger partial charge < -0.3 is 0 Å². The van der Waals surface area contributed by atoms with Gasteiger partial charge in [0.25, 0.3) is 0 Å². The Hall–Kier alpha value is -0.160. The Kier molecular flexibility index (Phi) is 5.59. The van der Waals surface area contributed by atoms with E-state index in [-0.39, 0.29) is 0 Å². The fourth-order valence-electron chi connectivity index (χ4n) is 0.972. The van der Waals surface area contributed by atoms with Crippen molar-refractivity contribution >= 4 is 10.0 Å². The first-order valence-electron chi connectivity index (χ1n) is 4.69. The third-order valence-corrected chi connectivity index (χ3v) is 2.35. The van der Waals surface area contributed by atoms with Crippen LogP contribution in [-0.4, -0.2) is 26.9 Å². The molecule has 0 atom stereocenters. The molecule has 0 aromatic carbocycles. The molecular formula is C9H19FNO2S. The second-order valence-corrected chi connectivity index (χ2v) is 5.76. The summed E-state index contributed by atoms with van der Waals surface area (Å²) in [6.45, 7) is 3.43. The van der Waals surface area contributed by atoms with Crippen LogP contribution in [0.1, 0.15) is 33.1 Å². The summed E-state index contributed by atoms with van der Waals surface area (Å²) >= 11 is 0. The van der Waals surface area contributed by atoms with E-state index >= 15 is 0 Å². The van der Waals surface area contributed by atoms with Crippen molar-refractivity contribution in [2.75, 3.05) is 12.8 Å². The molecule has 0 saturated carbocycles. The van der Waals surface area contributed by atoms with Gasteiger partial charge >= 0.3 is 0 Å². The van der Waals surface area contributed by atoms with Crippen LogP contribution in [0, 0.1) is 6.42 Å². The lowest BCUT2D eigenvalue weighted by atomic mass is 10.0. The van der Waals surface area contributed by atoms with E-state index < -0.39 is 15.7 Å². The summed E-state index contributed by atoms with van der Waals surface area (Å²) in [5.41, 5.74) is -1.23. The van der Waals surface area contributed by atoms with E-state index in [2.05, 4.69) is 4.72 Å². The Labute approximate surface area is 86.1 Å². The molecule has 0 rings (SSSR count). The number of rotatable bonds is 7. The highest BCUT2D eigenvalue weighted by molar-refractivity contribution is 7.88. The second kappa shape index (κ2) is 5.66. The molecule has 3 nitrogen and oxygen atoms in total. The van der Waals surface area contributed by atoms with Crippen LogP contribution in [0.5, 0.6) is 0 Å². The van der Waals surface area contributed by atoms with Crippen molar-refractivity contribution in [3.8, 4) is 0 Å². The Morgan fingerprint density at radius 2 is 1.93 bits per heavy atom. The molecule has 14 heavy (non-hydrogen) atoms. The molecule has 85 valence electrons. The van der Waals surface area contributed by atoms with E-state index in [1.165, 1.54) is 13.8 Å². The predicted molar refractivity (Wildman–Crippen MR) is 56.2 cm³/mol. The van der Waals surface area contributed by atoms with Crippen LogP contribution in [0.3, 0.4) is 0 Å². The first kappa shape index (κ1) is 13.8. The number of alkyl halides is 1.